The normalized spacial score (nSPS) is 10.9. The van der Waals surface area contributed by atoms with Crippen molar-refractivity contribution < 1.29 is 9.59 Å². The zero-order chi connectivity index (χ0) is 25.8. The van der Waals surface area contributed by atoms with Crippen LogP contribution in [0.5, 0.6) is 0 Å². The van der Waals surface area contributed by atoms with Crippen LogP contribution in [0.15, 0.2) is 95.2 Å². The van der Waals surface area contributed by atoms with E-state index in [1.165, 1.54) is 23.1 Å². The maximum absolute atomic E-state index is 12.7. The molecule has 0 unspecified atom stereocenters. The highest BCUT2D eigenvalue weighted by atomic mass is 35.5. The Labute approximate surface area is 231 Å². The van der Waals surface area contributed by atoms with Gasteiger partial charge >= 0.3 is 0 Å². The summed E-state index contributed by atoms with van der Waals surface area (Å²) in [6.45, 7) is 0. The van der Waals surface area contributed by atoms with Crippen LogP contribution in [0.3, 0.4) is 0 Å². The highest BCUT2D eigenvalue weighted by Crippen LogP contribution is 2.32. The molecule has 4 aromatic carbocycles. The molecule has 0 aliphatic heterocycles. The number of hydrogen-bond acceptors (Lipinski definition) is 5. The number of thiazole rings is 1. The molecule has 9 heteroatoms. The minimum absolute atomic E-state index is 0.165. The van der Waals surface area contributed by atoms with Gasteiger partial charge in [0.2, 0.25) is 5.91 Å². The van der Waals surface area contributed by atoms with Crippen LogP contribution in [0.4, 0.5) is 10.8 Å². The number of amides is 2. The third-order valence-electron chi connectivity index (χ3n) is 5.45. The molecule has 0 saturated heterocycles. The zero-order valence-corrected chi connectivity index (χ0v) is 22.3. The Morgan fingerprint density at radius 1 is 0.865 bits per heavy atom. The number of hydrogen-bond donors (Lipinski definition) is 2. The number of aromatic nitrogens is 1. The van der Waals surface area contributed by atoms with Crippen LogP contribution in [-0.2, 0) is 4.79 Å². The molecule has 5 rings (SSSR count). The fourth-order valence-electron chi connectivity index (χ4n) is 3.62. The number of anilines is 2. The molecule has 5 aromatic rings. The van der Waals surface area contributed by atoms with Crippen LogP contribution in [0.2, 0.25) is 10.0 Å². The van der Waals surface area contributed by atoms with Gasteiger partial charge in [-0.3, -0.25) is 9.59 Å². The second-order valence-electron chi connectivity index (χ2n) is 8.04. The van der Waals surface area contributed by atoms with Crippen molar-refractivity contribution in [1.82, 2.24) is 4.98 Å². The maximum Gasteiger partial charge on any atom is 0.255 e. The van der Waals surface area contributed by atoms with Crippen molar-refractivity contribution in [3.05, 3.63) is 106 Å². The maximum atomic E-state index is 12.7. The summed E-state index contributed by atoms with van der Waals surface area (Å²) in [7, 11) is 0. The van der Waals surface area contributed by atoms with Gasteiger partial charge in [0.1, 0.15) is 0 Å². The molecule has 0 aliphatic carbocycles. The summed E-state index contributed by atoms with van der Waals surface area (Å²) in [5.41, 5.74) is 2.71. The number of carbonyl (C=O) groups excluding carboxylic acids is 2. The molecule has 0 bridgehead atoms. The van der Waals surface area contributed by atoms with Gasteiger partial charge in [0, 0.05) is 32.1 Å². The number of nitrogens with zero attached hydrogens (tertiary/aromatic N) is 1. The van der Waals surface area contributed by atoms with E-state index >= 15 is 0 Å². The first-order valence-electron chi connectivity index (χ1n) is 11.2. The van der Waals surface area contributed by atoms with Gasteiger partial charge in [0.25, 0.3) is 5.91 Å². The van der Waals surface area contributed by atoms with Crippen LogP contribution >= 0.6 is 46.3 Å². The summed E-state index contributed by atoms with van der Waals surface area (Å²) in [6.07, 6.45) is 0. The highest BCUT2D eigenvalue weighted by molar-refractivity contribution is 8.00. The van der Waals surface area contributed by atoms with E-state index in [2.05, 4.69) is 15.6 Å². The smallest absolute Gasteiger partial charge is 0.255 e. The largest absolute Gasteiger partial charge is 0.322 e. The van der Waals surface area contributed by atoms with Gasteiger partial charge in [-0.05, 0) is 65.4 Å². The van der Waals surface area contributed by atoms with Crippen molar-refractivity contribution in [2.45, 2.75) is 4.90 Å². The summed E-state index contributed by atoms with van der Waals surface area (Å²) >= 11 is 14.9. The molecule has 0 spiro atoms. The van der Waals surface area contributed by atoms with Crippen molar-refractivity contribution >= 4 is 79.7 Å². The summed E-state index contributed by atoms with van der Waals surface area (Å²) in [5.74, 6) is -0.116. The Bertz CT molecular complexity index is 1600. The highest BCUT2D eigenvalue weighted by Gasteiger charge is 2.12. The predicted octanol–water partition coefficient (Wildman–Crippen LogP) is 8.25. The molecule has 5 nitrogen and oxygen atoms in total. The fourth-order valence-corrected chi connectivity index (χ4v) is 5.56. The van der Waals surface area contributed by atoms with E-state index in [9.17, 15) is 9.59 Å². The second-order valence-corrected chi connectivity index (χ2v) is 10.8. The standard InChI is InChI=1S/C28H19Cl2N3O2S2/c29-20-7-12-23(24(30)14-20)25-15-37-28(32-25)33-26(34)16-36-22-10-8-21(9-11-22)31-27(35)19-6-5-17-3-1-2-4-18(17)13-19/h1-15H,16H2,(H,31,35)(H,32,33,34). The zero-order valence-electron chi connectivity index (χ0n) is 19.2. The van der Waals surface area contributed by atoms with E-state index in [-0.39, 0.29) is 17.6 Å². The number of carbonyl (C=O) groups is 2. The first-order chi connectivity index (χ1) is 17.9. The molecule has 37 heavy (non-hydrogen) atoms. The SMILES string of the molecule is O=C(CSc1ccc(NC(=O)c2ccc3ccccc3c2)cc1)Nc1nc(-c2ccc(Cl)cc2Cl)cs1. The lowest BCUT2D eigenvalue weighted by molar-refractivity contribution is -0.113. The van der Waals surface area contributed by atoms with Crippen LogP contribution < -0.4 is 10.6 Å². The second kappa shape index (κ2) is 11.4. The lowest BCUT2D eigenvalue weighted by Gasteiger charge is -2.08. The molecular weight excluding hydrogens is 545 g/mol. The van der Waals surface area contributed by atoms with E-state index < -0.39 is 0 Å². The number of nitrogens with one attached hydrogen (secondary N) is 2. The number of thioether (sulfide) groups is 1. The molecule has 1 heterocycles. The van der Waals surface area contributed by atoms with E-state index in [0.29, 0.717) is 32.1 Å². The number of fused-ring (bicyclic) bond motifs is 1. The number of halogens is 2. The van der Waals surface area contributed by atoms with Crippen molar-refractivity contribution in [3.63, 3.8) is 0 Å². The first-order valence-corrected chi connectivity index (χ1v) is 13.8. The van der Waals surface area contributed by atoms with Gasteiger partial charge in [0.15, 0.2) is 5.13 Å². The van der Waals surface area contributed by atoms with E-state index in [1.54, 1.807) is 18.2 Å². The molecule has 0 aliphatic rings. The number of benzene rings is 4. The Balaban J connectivity index is 1.14. The van der Waals surface area contributed by atoms with Crippen LogP contribution in [0, 0.1) is 0 Å². The molecule has 0 saturated carbocycles. The molecule has 2 N–H and O–H groups in total. The Morgan fingerprint density at radius 3 is 2.43 bits per heavy atom. The van der Waals surface area contributed by atoms with Crippen molar-refractivity contribution in [1.29, 1.82) is 0 Å². The lowest BCUT2D eigenvalue weighted by Crippen LogP contribution is -2.13. The summed E-state index contributed by atoms with van der Waals surface area (Å²) < 4.78 is 0. The van der Waals surface area contributed by atoms with Crippen molar-refractivity contribution in [2.75, 3.05) is 16.4 Å². The van der Waals surface area contributed by atoms with Crippen LogP contribution in [0.25, 0.3) is 22.0 Å². The van der Waals surface area contributed by atoms with Gasteiger partial charge in [0.05, 0.1) is 16.5 Å². The van der Waals surface area contributed by atoms with Crippen molar-refractivity contribution in [3.8, 4) is 11.3 Å². The predicted molar refractivity (Wildman–Crippen MR) is 155 cm³/mol. The topological polar surface area (TPSA) is 71.1 Å². The minimum Gasteiger partial charge on any atom is -0.322 e. The van der Waals surface area contributed by atoms with Gasteiger partial charge in [-0.1, -0.05) is 53.5 Å². The fraction of sp³-hybridized carbons (Fsp3) is 0.0357. The van der Waals surface area contributed by atoms with Gasteiger partial charge < -0.3 is 10.6 Å². The first kappa shape index (κ1) is 25.3. The Hall–Kier alpha value is -3.36. The third kappa shape index (κ3) is 6.32. The van der Waals surface area contributed by atoms with E-state index in [1.807, 2.05) is 72.1 Å². The molecule has 0 radical (unpaired) electrons. The van der Waals surface area contributed by atoms with Gasteiger partial charge in [-0.25, -0.2) is 4.98 Å². The molecule has 0 fully saturated rings. The molecule has 1 aromatic heterocycles. The minimum atomic E-state index is -0.173. The molecule has 2 amide bonds. The molecule has 0 atom stereocenters. The van der Waals surface area contributed by atoms with E-state index in [4.69, 9.17) is 23.2 Å². The van der Waals surface area contributed by atoms with Gasteiger partial charge in [-0.2, -0.15) is 0 Å². The average molecular weight is 565 g/mol. The number of rotatable bonds is 7. The summed E-state index contributed by atoms with van der Waals surface area (Å²) in [5, 5.41) is 11.2. The van der Waals surface area contributed by atoms with Crippen LogP contribution in [0.1, 0.15) is 10.4 Å². The van der Waals surface area contributed by atoms with Crippen LogP contribution in [-0.4, -0.2) is 22.6 Å². The molecule has 184 valence electrons. The molecular formula is C28H19Cl2N3O2S2. The average Bonchev–Trinajstić information content (AvgIpc) is 3.36. The van der Waals surface area contributed by atoms with Crippen molar-refractivity contribution in [2.24, 2.45) is 0 Å². The Kier molecular flexibility index (Phi) is 7.76. The third-order valence-corrected chi connectivity index (χ3v) is 7.77. The van der Waals surface area contributed by atoms with E-state index in [0.717, 1.165) is 21.2 Å². The lowest BCUT2D eigenvalue weighted by atomic mass is 10.1. The summed E-state index contributed by atoms with van der Waals surface area (Å²) in [4.78, 5) is 30.5. The van der Waals surface area contributed by atoms with Gasteiger partial charge in [-0.15, -0.1) is 23.1 Å². The monoisotopic (exact) mass is 563 g/mol. The Morgan fingerprint density at radius 2 is 1.65 bits per heavy atom. The quantitative estimate of drug-likeness (QED) is 0.195. The summed E-state index contributed by atoms with van der Waals surface area (Å²) in [6, 6.07) is 26.1.